The SMILES string of the molecule is CCc1nnsc1C(=O)N1CC[C@@]2(CCCO2)[C@@H](O)C1. The van der Waals surface area contributed by atoms with E-state index in [4.69, 9.17) is 4.74 Å². The van der Waals surface area contributed by atoms with E-state index in [2.05, 4.69) is 9.59 Å². The molecule has 7 heteroatoms. The van der Waals surface area contributed by atoms with E-state index in [-0.39, 0.29) is 5.91 Å². The fraction of sp³-hybridized carbons (Fsp3) is 0.769. The lowest BCUT2D eigenvalue weighted by Crippen LogP contribution is -2.56. The summed E-state index contributed by atoms with van der Waals surface area (Å²) in [6.07, 6.45) is 2.67. The molecule has 0 radical (unpaired) electrons. The van der Waals surface area contributed by atoms with E-state index in [1.807, 2.05) is 6.92 Å². The van der Waals surface area contributed by atoms with Gasteiger partial charge in [-0.3, -0.25) is 4.79 Å². The number of amides is 1. The largest absolute Gasteiger partial charge is 0.388 e. The van der Waals surface area contributed by atoms with Crippen LogP contribution in [0.2, 0.25) is 0 Å². The molecule has 0 unspecified atom stereocenters. The normalized spacial score (nSPS) is 30.1. The molecular weight excluding hydrogens is 278 g/mol. The Morgan fingerprint density at radius 2 is 2.45 bits per heavy atom. The van der Waals surface area contributed by atoms with Gasteiger partial charge in [-0.25, -0.2) is 0 Å². The van der Waals surface area contributed by atoms with E-state index in [1.54, 1.807) is 4.90 Å². The molecule has 1 amide bonds. The molecule has 2 fully saturated rings. The number of hydrogen-bond donors (Lipinski definition) is 1. The summed E-state index contributed by atoms with van der Waals surface area (Å²) in [5.74, 6) is -0.0660. The quantitative estimate of drug-likeness (QED) is 0.876. The van der Waals surface area contributed by atoms with Crippen molar-refractivity contribution in [2.75, 3.05) is 19.7 Å². The van der Waals surface area contributed by atoms with Crippen LogP contribution in [0.15, 0.2) is 0 Å². The molecule has 1 aromatic heterocycles. The van der Waals surface area contributed by atoms with E-state index in [0.717, 1.165) is 30.1 Å². The van der Waals surface area contributed by atoms with Gasteiger partial charge in [0.15, 0.2) is 0 Å². The molecule has 1 N–H and O–H groups in total. The highest BCUT2D eigenvalue weighted by atomic mass is 32.1. The number of aliphatic hydroxyl groups excluding tert-OH is 1. The minimum atomic E-state index is -0.603. The zero-order valence-corrected chi connectivity index (χ0v) is 12.4. The zero-order chi connectivity index (χ0) is 14.2. The third kappa shape index (κ3) is 2.23. The summed E-state index contributed by atoms with van der Waals surface area (Å²) < 4.78 is 9.60. The first-order valence-corrected chi connectivity index (χ1v) is 7.86. The number of aromatic nitrogens is 2. The summed E-state index contributed by atoms with van der Waals surface area (Å²) in [5, 5.41) is 14.3. The summed E-state index contributed by atoms with van der Waals surface area (Å²) in [5.41, 5.74) is 0.322. The maximum atomic E-state index is 12.5. The number of piperidine rings is 1. The molecule has 1 aromatic rings. The zero-order valence-electron chi connectivity index (χ0n) is 11.5. The van der Waals surface area contributed by atoms with Crippen molar-refractivity contribution in [2.45, 2.75) is 44.3 Å². The number of carbonyl (C=O) groups is 1. The van der Waals surface area contributed by atoms with Crippen LogP contribution in [0.5, 0.6) is 0 Å². The predicted octanol–water partition coefficient (Wildman–Crippen LogP) is 0.857. The fourth-order valence-corrected chi connectivity index (χ4v) is 3.79. The van der Waals surface area contributed by atoms with Gasteiger partial charge >= 0.3 is 0 Å². The Labute approximate surface area is 121 Å². The van der Waals surface area contributed by atoms with E-state index in [1.165, 1.54) is 0 Å². The smallest absolute Gasteiger partial charge is 0.267 e. The van der Waals surface area contributed by atoms with E-state index in [0.29, 0.717) is 37.4 Å². The summed E-state index contributed by atoms with van der Waals surface area (Å²) in [7, 11) is 0. The average molecular weight is 297 g/mol. The van der Waals surface area contributed by atoms with Gasteiger partial charge in [-0.2, -0.15) is 0 Å². The number of carbonyl (C=O) groups excluding carboxylic acids is 1. The van der Waals surface area contributed by atoms with Crippen molar-refractivity contribution >= 4 is 17.4 Å². The van der Waals surface area contributed by atoms with Crippen LogP contribution < -0.4 is 0 Å². The lowest BCUT2D eigenvalue weighted by Gasteiger charge is -2.42. The second-order valence-corrected chi connectivity index (χ2v) is 6.19. The van der Waals surface area contributed by atoms with Gasteiger partial charge in [0.1, 0.15) is 11.0 Å². The molecule has 2 atom stereocenters. The molecule has 3 rings (SSSR count). The van der Waals surface area contributed by atoms with Crippen molar-refractivity contribution < 1.29 is 14.6 Å². The van der Waals surface area contributed by atoms with Crippen molar-refractivity contribution in [1.82, 2.24) is 14.5 Å². The highest BCUT2D eigenvalue weighted by Crippen LogP contribution is 2.36. The standard InChI is InChI=1S/C13H19N3O3S/c1-2-9-11(20-15-14-9)12(18)16-6-5-13(10(17)8-16)4-3-7-19-13/h10,17H,2-8H2,1H3/t10-,13-/m0/s1. The molecule has 2 aliphatic heterocycles. The molecule has 0 bridgehead atoms. The van der Waals surface area contributed by atoms with Crippen LogP contribution >= 0.6 is 11.5 Å². The molecule has 6 nitrogen and oxygen atoms in total. The highest BCUT2D eigenvalue weighted by molar-refractivity contribution is 7.08. The van der Waals surface area contributed by atoms with Crippen LogP contribution in [0.3, 0.4) is 0 Å². The summed E-state index contributed by atoms with van der Waals surface area (Å²) in [4.78, 5) is 14.8. The maximum Gasteiger partial charge on any atom is 0.267 e. The number of hydrogen-bond acceptors (Lipinski definition) is 6. The van der Waals surface area contributed by atoms with Gasteiger partial charge in [-0.05, 0) is 37.2 Å². The van der Waals surface area contributed by atoms with E-state index < -0.39 is 11.7 Å². The topological polar surface area (TPSA) is 75.6 Å². The fourth-order valence-electron chi connectivity index (χ4n) is 3.07. The summed E-state index contributed by atoms with van der Waals surface area (Å²) in [6.45, 7) is 3.63. The van der Waals surface area contributed by atoms with Crippen LogP contribution in [0.25, 0.3) is 0 Å². The minimum absolute atomic E-state index is 0.0660. The van der Waals surface area contributed by atoms with E-state index >= 15 is 0 Å². The van der Waals surface area contributed by atoms with Gasteiger partial charge in [-0.15, -0.1) is 5.10 Å². The Balaban J connectivity index is 1.72. The molecular formula is C13H19N3O3S. The minimum Gasteiger partial charge on any atom is -0.388 e. The number of β-amino-alcohol motifs (C(OH)–C–C–N with tert-alkyl or cyclic N) is 1. The first-order chi connectivity index (χ1) is 9.66. The van der Waals surface area contributed by atoms with Crippen LogP contribution in [-0.4, -0.2) is 56.9 Å². The van der Waals surface area contributed by atoms with Crippen molar-refractivity contribution in [3.05, 3.63) is 10.6 Å². The lowest BCUT2D eigenvalue weighted by atomic mass is 9.86. The third-order valence-corrected chi connectivity index (χ3v) is 5.07. The van der Waals surface area contributed by atoms with Gasteiger partial charge in [-0.1, -0.05) is 11.4 Å². The van der Waals surface area contributed by atoms with Crippen molar-refractivity contribution in [2.24, 2.45) is 0 Å². The van der Waals surface area contributed by atoms with Crippen LogP contribution in [0, 0.1) is 0 Å². The van der Waals surface area contributed by atoms with Crippen molar-refractivity contribution in [3.8, 4) is 0 Å². The second-order valence-electron chi connectivity index (χ2n) is 5.44. The molecule has 0 aliphatic carbocycles. The molecule has 20 heavy (non-hydrogen) atoms. The molecule has 0 saturated carbocycles. The van der Waals surface area contributed by atoms with Crippen molar-refractivity contribution in [1.29, 1.82) is 0 Å². The Morgan fingerprint density at radius 1 is 1.60 bits per heavy atom. The number of rotatable bonds is 2. The first-order valence-electron chi connectivity index (χ1n) is 7.09. The highest BCUT2D eigenvalue weighted by Gasteiger charge is 2.46. The van der Waals surface area contributed by atoms with E-state index in [9.17, 15) is 9.90 Å². The molecule has 1 spiro atoms. The molecule has 2 aliphatic rings. The van der Waals surface area contributed by atoms with Crippen molar-refractivity contribution in [3.63, 3.8) is 0 Å². The predicted molar refractivity (Wildman–Crippen MR) is 73.7 cm³/mol. The Bertz CT molecular complexity index is 499. The number of aliphatic hydroxyl groups is 1. The Hall–Kier alpha value is -1.05. The average Bonchev–Trinajstić information content (AvgIpc) is 3.10. The molecule has 0 aromatic carbocycles. The summed E-state index contributed by atoms with van der Waals surface area (Å²) in [6, 6.07) is 0. The van der Waals surface area contributed by atoms with Crippen LogP contribution in [0.1, 0.15) is 41.6 Å². The third-order valence-electron chi connectivity index (χ3n) is 4.31. The second kappa shape index (κ2) is 5.38. The molecule has 110 valence electrons. The number of ether oxygens (including phenoxy) is 1. The van der Waals surface area contributed by atoms with Gasteiger partial charge in [0.25, 0.3) is 5.91 Å². The lowest BCUT2D eigenvalue weighted by molar-refractivity contribution is -0.122. The van der Waals surface area contributed by atoms with Gasteiger partial charge < -0.3 is 14.7 Å². The van der Waals surface area contributed by atoms with Gasteiger partial charge in [0.2, 0.25) is 0 Å². The van der Waals surface area contributed by atoms with Crippen LogP contribution in [0.4, 0.5) is 0 Å². The maximum absolute atomic E-state index is 12.5. The van der Waals surface area contributed by atoms with Gasteiger partial charge in [0, 0.05) is 19.7 Å². The van der Waals surface area contributed by atoms with Crippen LogP contribution in [-0.2, 0) is 11.2 Å². The Kier molecular flexibility index (Phi) is 3.74. The monoisotopic (exact) mass is 297 g/mol. The first kappa shape index (κ1) is 13.9. The number of nitrogens with zero attached hydrogens (tertiary/aromatic N) is 3. The Morgan fingerprint density at radius 3 is 3.10 bits per heavy atom. The molecule has 3 heterocycles. The van der Waals surface area contributed by atoms with Gasteiger partial charge in [0.05, 0.1) is 11.3 Å². The summed E-state index contributed by atoms with van der Waals surface area (Å²) >= 11 is 1.14. The number of likely N-dealkylation sites (tertiary alicyclic amines) is 1. The molecule has 2 saturated heterocycles. The number of aryl methyl sites for hydroxylation is 1.